The Labute approximate surface area is 122 Å². The molecule has 0 N–H and O–H groups in total. The van der Waals surface area contributed by atoms with Crippen LogP contribution in [0.2, 0.25) is 0 Å². The number of hydrogen-bond acceptors (Lipinski definition) is 4. The fourth-order valence-electron chi connectivity index (χ4n) is 1.95. The lowest BCUT2D eigenvalue weighted by atomic mass is 9.97. The molecule has 0 aliphatic carbocycles. The molecule has 0 saturated carbocycles. The van der Waals surface area contributed by atoms with Crippen LogP contribution < -0.4 is 4.90 Å². The first-order chi connectivity index (χ1) is 8.77. The largest absolute Gasteiger partial charge is 0.435 e. The van der Waals surface area contributed by atoms with Crippen LogP contribution in [0.1, 0.15) is 12.1 Å². The van der Waals surface area contributed by atoms with Gasteiger partial charge in [0.2, 0.25) is 0 Å². The number of nitrogens with zero attached hydrogens (tertiary/aromatic N) is 3. The van der Waals surface area contributed by atoms with E-state index in [2.05, 4.69) is 25.8 Å². The van der Waals surface area contributed by atoms with E-state index in [9.17, 15) is 13.2 Å². The van der Waals surface area contributed by atoms with Crippen molar-refractivity contribution in [1.82, 2.24) is 9.88 Å². The third kappa shape index (κ3) is 3.61. The molecule has 0 spiro atoms. The highest BCUT2D eigenvalue weighted by Crippen LogP contribution is 2.41. The summed E-state index contributed by atoms with van der Waals surface area (Å²) in [5.74, 6) is 0.555. The minimum Gasteiger partial charge on any atom is -0.347 e. The van der Waals surface area contributed by atoms with E-state index in [1.807, 2.05) is 19.0 Å². The van der Waals surface area contributed by atoms with E-state index in [0.717, 1.165) is 37.4 Å². The Morgan fingerprint density at radius 3 is 2.53 bits per heavy atom. The van der Waals surface area contributed by atoms with Gasteiger partial charge in [-0.15, -0.1) is 0 Å². The Balaban J connectivity index is 1.92. The summed E-state index contributed by atoms with van der Waals surface area (Å²) in [6.07, 6.45) is -3.31. The third-order valence-corrected chi connectivity index (χ3v) is 4.82. The summed E-state index contributed by atoms with van der Waals surface area (Å²) in [6, 6.07) is 0. The third-order valence-electron chi connectivity index (χ3n) is 3.06. The molecule has 2 heterocycles. The average molecular weight is 358 g/mol. The number of anilines is 1. The Morgan fingerprint density at radius 1 is 1.42 bits per heavy atom. The molecule has 1 aliphatic rings. The van der Waals surface area contributed by atoms with Gasteiger partial charge in [0.25, 0.3) is 0 Å². The van der Waals surface area contributed by atoms with Crippen molar-refractivity contribution in [1.29, 1.82) is 0 Å². The predicted octanol–water partition coefficient (Wildman–Crippen LogP) is 3.31. The van der Waals surface area contributed by atoms with E-state index in [1.54, 1.807) is 0 Å². The van der Waals surface area contributed by atoms with Gasteiger partial charge in [0.15, 0.2) is 10.8 Å². The second kappa shape index (κ2) is 5.57. The number of alkyl halides is 3. The standard InChI is InChI=1S/C11H15BrF3N3S/c1-17(2)4-3-7-5-18(6-7)10-16-8(9(12)19-10)11(13,14)15/h7H,3-6H2,1-2H3. The van der Waals surface area contributed by atoms with Crippen molar-refractivity contribution in [3.8, 4) is 0 Å². The monoisotopic (exact) mass is 357 g/mol. The Hall–Kier alpha value is -0.340. The molecule has 0 unspecified atom stereocenters. The molecule has 1 fully saturated rings. The first kappa shape index (κ1) is 15.1. The highest BCUT2D eigenvalue weighted by molar-refractivity contribution is 9.11. The zero-order valence-electron chi connectivity index (χ0n) is 10.7. The minimum atomic E-state index is -4.39. The Bertz CT molecular complexity index is 441. The summed E-state index contributed by atoms with van der Waals surface area (Å²) < 4.78 is 37.9. The van der Waals surface area contributed by atoms with Gasteiger partial charge in [-0.05, 0) is 48.9 Å². The van der Waals surface area contributed by atoms with Crippen molar-refractivity contribution in [3.05, 3.63) is 9.48 Å². The van der Waals surface area contributed by atoms with E-state index in [1.165, 1.54) is 0 Å². The van der Waals surface area contributed by atoms with Crippen LogP contribution >= 0.6 is 27.3 Å². The molecule has 19 heavy (non-hydrogen) atoms. The van der Waals surface area contributed by atoms with Gasteiger partial charge in [0.1, 0.15) is 3.79 Å². The number of rotatable bonds is 4. The Morgan fingerprint density at radius 2 is 2.05 bits per heavy atom. The first-order valence-electron chi connectivity index (χ1n) is 5.90. The molecule has 108 valence electrons. The topological polar surface area (TPSA) is 19.4 Å². The van der Waals surface area contributed by atoms with Crippen LogP contribution in [0, 0.1) is 5.92 Å². The molecule has 0 amide bonds. The molecule has 0 radical (unpaired) electrons. The van der Waals surface area contributed by atoms with E-state index < -0.39 is 11.9 Å². The maximum Gasteiger partial charge on any atom is 0.435 e. The Kier molecular flexibility index (Phi) is 4.42. The smallest absolute Gasteiger partial charge is 0.347 e. The number of thiazole rings is 1. The minimum absolute atomic E-state index is 0.0618. The lowest BCUT2D eigenvalue weighted by molar-refractivity contribution is -0.141. The van der Waals surface area contributed by atoms with Gasteiger partial charge in [0, 0.05) is 13.1 Å². The molecular weight excluding hydrogens is 343 g/mol. The van der Waals surface area contributed by atoms with Gasteiger partial charge in [-0.2, -0.15) is 13.2 Å². The van der Waals surface area contributed by atoms with E-state index in [0.29, 0.717) is 11.0 Å². The fourth-order valence-corrected chi connectivity index (χ4v) is 3.53. The summed E-state index contributed by atoms with van der Waals surface area (Å²) in [5, 5.41) is 0.459. The lowest BCUT2D eigenvalue weighted by Gasteiger charge is -2.39. The highest BCUT2D eigenvalue weighted by Gasteiger charge is 2.39. The van der Waals surface area contributed by atoms with Gasteiger partial charge < -0.3 is 9.80 Å². The van der Waals surface area contributed by atoms with Crippen LogP contribution in [-0.4, -0.2) is 43.6 Å². The molecule has 0 atom stereocenters. The SMILES string of the molecule is CN(C)CCC1CN(c2nc(C(F)(F)F)c(Br)s2)C1. The molecular formula is C11H15BrF3N3S. The molecule has 8 heteroatoms. The van der Waals surface area contributed by atoms with E-state index >= 15 is 0 Å². The van der Waals surface area contributed by atoms with Gasteiger partial charge in [-0.3, -0.25) is 0 Å². The molecule has 3 nitrogen and oxygen atoms in total. The van der Waals surface area contributed by atoms with Gasteiger partial charge in [-0.1, -0.05) is 11.3 Å². The van der Waals surface area contributed by atoms with Gasteiger partial charge in [0.05, 0.1) is 0 Å². The molecule has 1 aromatic rings. The van der Waals surface area contributed by atoms with Crippen LogP contribution in [0.4, 0.5) is 18.3 Å². The predicted molar refractivity (Wildman–Crippen MR) is 73.7 cm³/mol. The second-order valence-corrected chi connectivity index (χ2v) is 7.27. The average Bonchev–Trinajstić information content (AvgIpc) is 2.56. The van der Waals surface area contributed by atoms with Crippen molar-refractivity contribution in [2.75, 3.05) is 38.6 Å². The van der Waals surface area contributed by atoms with Crippen molar-refractivity contribution >= 4 is 32.4 Å². The molecule has 0 bridgehead atoms. The van der Waals surface area contributed by atoms with Crippen molar-refractivity contribution in [2.24, 2.45) is 5.92 Å². The van der Waals surface area contributed by atoms with Crippen LogP contribution in [0.15, 0.2) is 3.79 Å². The molecule has 0 aromatic carbocycles. The van der Waals surface area contributed by atoms with Crippen molar-refractivity contribution in [3.63, 3.8) is 0 Å². The van der Waals surface area contributed by atoms with Crippen molar-refractivity contribution < 1.29 is 13.2 Å². The lowest BCUT2D eigenvalue weighted by Crippen LogP contribution is -2.47. The van der Waals surface area contributed by atoms with E-state index in [4.69, 9.17) is 0 Å². The quantitative estimate of drug-likeness (QED) is 0.823. The van der Waals surface area contributed by atoms with Crippen LogP contribution in [0.5, 0.6) is 0 Å². The number of hydrogen-bond donors (Lipinski definition) is 0. The second-order valence-electron chi connectivity index (χ2n) is 4.98. The zero-order valence-corrected chi connectivity index (χ0v) is 13.1. The summed E-state index contributed by atoms with van der Waals surface area (Å²) >= 11 is 3.99. The van der Waals surface area contributed by atoms with Crippen LogP contribution in [0.25, 0.3) is 0 Å². The fraction of sp³-hybridized carbons (Fsp3) is 0.727. The normalized spacial score (nSPS) is 17.1. The summed E-state index contributed by atoms with van der Waals surface area (Å²) in [5.41, 5.74) is -0.816. The van der Waals surface area contributed by atoms with Gasteiger partial charge in [-0.25, -0.2) is 4.98 Å². The summed E-state index contributed by atoms with van der Waals surface area (Å²) in [7, 11) is 4.04. The highest BCUT2D eigenvalue weighted by atomic mass is 79.9. The number of halogens is 4. The van der Waals surface area contributed by atoms with Crippen molar-refractivity contribution in [2.45, 2.75) is 12.6 Å². The first-order valence-corrected chi connectivity index (χ1v) is 7.51. The maximum absolute atomic E-state index is 12.6. The van der Waals surface area contributed by atoms with E-state index in [-0.39, 0.29) is 3.79 Å². The van der Waals surface area contributed by atoms with Gasteiger partial charge >= 0.3 is 6.18 Å². The molecule has 1 saturated heterocycles. The number of aromatic nitrogens is 1. The molecule has 1 aliphatic heterocycles. The van der Waals surface area contributed by atoms with Crippen LogP contribution in [0.3, 0.4) is 0 Å². The summed E-state index contributed by atoms with van der Waals surface area (Å²) in [4.78, 5) is 7.72. The molecule has 2 rings (SSSR count). The maximum atomic E-state index is 12.6. The zero-order chi connectivity index (χ0) is 14.2. The molecule has 1 aromatic heterocycles. The summed E-state index contributed by atoms with van der Waals surface area (Å²) in [6.45, 7) is 2.60. The van der Waals surface area contributed by atoms with Crippen LogP contribution in [-0.2, 0) is 6.18 Å².